The van der Waals surface area contributed by atoms with Gasteiger partial charge >= 0.3 is 6.18 Å². The Morgan fingerprint density at radius 2 is 1.65 bits per heavy atom. The largest absolute Gasteiger partial charge is 0.417 e. The van der Waals surface area contributed by atoms with E-state index in [0.29, 0.717) is 13.1 Å². The second-order valence-corrected chi connectivity index (χ2v) is 9.34. The highest BCUT2D eigenvalue weighted by Gasteiger charge is 2.40. The number of likely N-dealkylation sites (N-methyl/N-ethyl adjacent to an activating group) is 2. The molecule has 1 aliphatic heterocycles. The zero-order chi connectivity index (χ0) is 23.4. The molecule has 1 aromatic rings. The van der Waals surface area contributed by atoms with E-state index in [2.05, 4.69) is 0 Å². The van der Waals surface area contributed by atoms with Crippen molar-refractivity contribution in [3.63, 3.8) is 0 Å². The molecule has 0 aromatic heterocycles. The van der Waals surface area contributed by atoms with E-state index in [1.807, 2.05) is 13.8 Å². The summed E-state index contributed by atoms with van der Waals surface area (Å²) < 4.78 is 66.4. The molecule has 174 valence electrons. The number of halogens is 3. The second kappa shape index (κ2) is 9.99. The van der Waals surface area contributed by atoms with Crippen LogP contribution in [0.4, 0.5) is 13.2 Å². The minimum atomic E-state index is -4.79. The van der Waals surface area contributed by atoms with Gasteiger partial charge in [-0.15, -0.1) is 0 Å². The number of carbonyl (C=O) groups excluding carboxylic acids is 2. The Balaban J connectivity index is 2.06. The molecular weight excluding hydrogens is 435 g/mol. The van der Waals surface area contributed by atoms with Gasteiger partial charge in [0.1, 0.15) is 0 Å². The summed E-state index contributed by atoms with van der Waals surface area (Å²) in [7, 11) is -2.83. The van der Waals surface area contributed by atoms with E-state index in [-0.39, 0.29) is 44.3 Å². The number of hydrogen-bond donors (Lipinski definition) is 0. The fourth-order valence-electron chi connectivity index (χ4n) is 3.68. The highest BCUT2D eigenvalue weighted by molar-refractivity contribution is 7.89. The molecular formula is C20H28F3N3O4S. The van der Waals surface area contributed by atoms with Crippen molar-refractivity contribution in [1.29, 1.82) is 0 Å². The third-order valence-corrected chi connectivity index (χ3v) is 7.44. The lowest BCUT2D eigenvalue weighted by Gasteiger charge is -2.33. The first-order valence-corrected chi connectivity index (χ1v) is 11.6. The van der Waals surface area contributed by atoms with E-state index >= 15 is 0 Å². The van der Waals surface area contributed by atoms with Crippen molar-refractivity contribution in [1.82, 2.24) is 14.1 Å². The Labute approximate surface area is 180 Å². The summed E-state index contributed by atoms with van der Waals surface area (Å²) in [4.78, 5) is 27.0. The summed E-state index contributed by atoms with van der Waals surface area (Å²) in [5, 5.41) is 0. The van der Waals surface area contributed by atoms with Crippen LogP contribution in [0.3, 0.4) is 0 Å². The predicted octanol–water partition coefficient (Wildman–Crippen LogP) is 2.43. The molecule has 0 spiro atoms. The molecule has 0 radical (unpaired) electrons. The average molecular weight is 464 g/mol. The van der Waals surface area contributed by atoms with Crippen LogP contribution in [0.2, 0.25) is 0 Å². The molecule has 1 fully saturated rings. The third kappa shape index (κ3) is 5.76. The highest BCUT2D eigenvalue weighted by Crippen LogP contribution is 2.36. The first-order chi connectivity index (χ1) is 14.4. The first kappa shape index (κ1) is 25.1. The molecule has 2 amide bonds. The van der Waals surface area contributed by atoms with Gasteiger partial charge in [0, 0.05) is 39.1 Å². The van der Waals surface area contributed by atoms with Crippen molar-refractivity contribution in [2.45, 2.75) is 37.8 Å². The van der Waals surface area contributed by atoms with Crippen LogP contribution in [-0.2, 0) is 25.8 Å². The molecule has 0 N–H and O–H groups in total. The third-order valence-electron chi connectivity index (χ3n) is 5.48. The standard InChI is InChI=1S/C20H28F3N3O4S/c1-4-25(5-2)18(27)14-24(3)19(28)15-10-12-26(13-11-15)31(29,30)17-9-7-6-8-16(17)20(21,22)23/h6-9,15H,4-5,10-14H2,1-3H3. The highest BCUT2D eigenvalue weighted by atomic mass is 32.2. The smallest absolute Gasteiger partial charge is 0.342 e. The van der Waals surface area contributed by atoms with E-state index < -0.39 is 32.6 Å². The van der Waals surface area contributed by atoms with Crippen molar-refractivity contribution >= 4 is 21.8 Å². The van der Waals surface area contributed by atoms with Crippen molar-refractivity contribution in [3.05, 3.63) is 29.8 Å². The van der Waals surface area contributed by atoms with Crippen LogP contribution >= 0.6 is 0 Å². The topological polar surface area (TPSA) is 78.0 Å². The molecule has 0 unspecified atom stereocenters. The molecule has 2 rings (SSSR count). The van der Waals surface area contributed by atoms with Gasteiger partial charge in [-0.2, -0.15) is 17.5 Å². The van der Waals surface area contributed by atoms with Gasteiger partial charge < -0.3 is 9.80 Å². The quantitative estimate of drug-likeness (QED) is 0.622. The molecule has 0 atom stereocenters. The number of sulfonamides is 1. The summed E-state index contributed by atoms with van der Waals surface area (Å²) in [6, 6.07) is 4.08. The molecule has 7 nitrogen and oxygen atoms in total. The normalized spacial score (nSPS) is 16.2. The maximum absolute atomic E-state index is 13.3. The van der Waals surface area contributed by atoms with Gasteiger partial charge in [-0.05, 0) is 38.8 Å². The summed E-state index contributed by atoms with van der Waals surface area (Å²) in [6.45, 7) is 4.55. The Bertz CT molecular complexity index is 893. The van der Waals surface area contributed by atoms with E-state index in [9.17, 15) is 31.2 Å². The van der Waals surface area contributed by atoms with E-state index in [1.165, 1.54) is 18.0 Å². The predicted molar refractivity (Wildman–Crippen MR) is 108 cm³/mol. The second-order valence-electron chi connectivity index (χ2n) is 7.43. The van der Waals surface area contributed by atoms with Crippen molar-refractivity contribution < 1.29 is 31.2 Å². The average Bonchev–Trinajstić information content (AvgIpc) is 2.73. The van der Waals surface area contributed by atoms with Crippen LogP contribution in [-0.4, -0.2) is 74.1 Å². The molecule has 1 heterocycles. The Kier molecular flexibility index (Phi) is 8.09. The molecule has 0 saturated carbocycles. The van der Waals surface area contributed by atoms with Gasteiger partial charge in [-0.3, -0.25) is 9.59 Å². The van der Waals surface area contributed by atoms with Gasteiger partial charge in [0.15, 0.2) is 0 Å². The number of carbonyl (C=O) groups is 2. The lowest BCUT2D eigenvalue weighted by atomic mass is 9.96. The van der Waals surface area contributed by atoms with Gasteiger partial charge in [-0.1, -0.05) is 12.1 Å². The first-order valence-electron chi connectivity index (χ1n) is 10.1. The fourth-order valence-corrected chi connectivity index (χ4v) is 5.36. The van der Waals surface area contributed by atoms with Crippen LogP contribution in [0.1, 0.15) is 32.3 Å². The minimum absolute atomic E-state index is 0.0667. The summed E-state index contributed by atoms with van der Waals surface area (Å²) >= 11 is 0. The van der Waals surface area contributed by atoms with Gasteiger partial charge in [0.25, 0.3) is 0 Å². The van der Waals surface area contributed by atoms with Gasteiger partial charge in [0.2, 0.25) is 21.8 Å². The van der Waals surface area contributed by atoms with Crippen LogP contribution in [0, 0.1) is 5.92 Å². The lowest BCUT2D eigenvalue weighted by Crippen LogP contribution is -2.46. The maximum atomic E-state index is 13.3. The monoisotopic (exact) mass is 463 g/mol. The SMILES string of the molecule is CCN(CC)C(=O)CN(C)C(=O)C1CCN(S(=O)(=O)c2ccccc2C(F)(F)F)CC1. The molecule has 0 bridgehead atoms. The van der Waals surface area contributed by atoms with E-state index in [4.69, 9.17) is 0 Å². The Morgan fingerprint density at radius 1 is 1.10 bits per heavy atom. The molecule has 0 aliphatic carbocycles. The van der Waals surface area contributed by atoms with Crippen LogP contribution in [0.5, 0.6) is 0 Å². The van der Waals surface area contributed by atoms with E-state index in [1.54, 1.807) is 4.90 Å². The molecule has 11 heteroatoms. The number of nitrogens with zero attached hydrogens (tertiary/aromatic N) is 3. The van der Waals surface area contributed by atoms with Gasteiger partial charge in [0.05, 0.1) is 17.0 Å². The number of amides is 2. The van der Waals surface area contributed by atoms with Crippen LogP contribution in [0.15, 0.2) is 29.2 Å². The summed E-state index contributed by atoms with van der Waals surface area (Å²) in [5.41, 5.74) is -1.21. The van der Waals surface area contributed by atoms with Crippen molar-refractivity contribution in [3.8, 4) is 0 Å². The molecule has 1 saturated heterocycles. The summed E-state index contributed by atoms with van der Waals surface area (Å²) in [6.07, 6.45) is -4.44. The molecule has 1 aromatic carbocycles. The fraction of sp³-hybridized carbons (Fsp3) is 0.600. The minimum Gasteiger partial charge on any atom is -0.342 e. The van der Waals surface area contributed by atoms with Gasteiger partial charge in [-0.25, -0.2) is 8.42 Å². The number of rotatable bonds is 7. The van der Waals surface area contributed by atoms with Crippen molar-refractivity contribution in [2.24, 2.45) is 5.92 Å². The molecule has 1 aliphatic rings. The maximum Gasteiger partial charge on any atom is 0.417 e. The van der Waals surface area contributed by atoms with Crippen LogP contribution in [0.25, 0.3) is 0 Å². The zero-order valence-electron chi connectivity index (χ0n) is 17.9. The zero-order valence-corrected chi connectivity index (χ0v) is 18.7. The van der Waals surface area contributed by atoms with E-state index in [0.717, 1.165) is 22.5 Å². The Hall–Kier alpha value is -2.14. The Morgan fingerprint density at radius 3 is 2.16 bits per heavy atom. The lowest BCUT2D eigenvalue weighted by molar-refractivity contribution is -0.142. The molecule has 31 heavy (non-hydrogen) atoms. The number of hydrogen-bond acceptors (Lipinski definition) is 4. The van der Waals surface area contributed by atoms with Crippen LogP contribution < -0.4 is 0 Å². The number of piperidine rings is 1. The number of benzene rings is 1. The van der Waals surface area contributed by atoms with Crippen molar-refractivity contribution in [2.75, 3.05) is 39.8 Å². The number of alkyl halides is 3. The summed E-state index contributed by atoms with van der Waals surface area (Å²) in [5.74, 6) is -0.934.